The second-order valence-corrected chi connectivity index (χ2v) is 9.37. The van der Waals surface area contributed by atoms with Crippen LogP contribution in [0.2, 0.25) is 25.1 Å². The molecule has 0 spiro atoms. The van der Waals surface area contributed by atoms with Crippen LogP contribution in [0.15, 0.2) is 24.3 Å². The molecule has 1 saturated heterocycles. The quantitative estimate of drug-likeness (QED) is 0.437. The summed E-state index contributed by atoms with van der Waals surface area (Å²) in [7, 11) is 0. The zero-order valence-electron chi connectivity index (χ0n) is 15.9. The van der Waals surface area contributed by atoms with Crippen LogP contribution in [0.5, 0.6) is 0 Å². The van der Waals surface area contributed by atoms with Crippen molar-refractivity contribution in [3.8, 4) is 0 Å². The van der Waals surface area contributed by atoms with E-state index in [1.165, 1.54) is 0 Å². The second-order valence-electron chi connectivity index (χ2n) is 7.30. The number of benzene rings is 2. The van der Waals surface area contributed by atoms with Gasteiger partial charge in [0.05, 0.1) is 33.7 Å². The number of carbonyl (C=O) groups excluding carboxylic acids is 1. The summed E-state index contributed by atoms with van der Waals surface area (Å²) in [5, 5.41) is 15.3. The molecule has 1 aliphatic rings. The van der Waals surface area contributed by atoms with E-state index in [0.29, 0.717) is 67.0 Å². The third kappa shape index (κ3) is 4.91. The van der Waals surface area contributed by atoms with Gasteiger partial charge in [-0.25, -0.2) is 4.98 Å². The summed E-state index contributed by atoms with van der Waals surface area (Å²) in [6.07, 6.45) is -0.346. The molecule has 0 saturated carbocycles. The first kappa shape index (κ1) is 22.9. The number of rotatable bonds is 5. The molecule has 2 atom stereocenters. The van der Waals surface area contributed by atoms with Crippen LogP contribution in [0.4, 0.5) is 0 Å². The first-order valence-electron chi connectivity index (χ1n) is 9.40. The summed E-state index contributed by atoms with van der Waals surface area (Å²) < 4.78 is 0. The Kier molecular flexibility index (Phi) is 6.89. The number of hydrogen-bond donors (Lipinski definition) is 3. The van der Waals surface area contributed by atoms with Gasteiger partial charge in [0.1, 0.15) is 11.9 Å². The average Bonchev–Trinajstić information content (AvgIpc) is 3.25. The van der Waals surface area contributed by atoms with Crippen molar-refractivity contribution in [3.63, 3.8) is 0 Å². The second kappa shape index (κ2) is 9.32. The molecule has 1 aliphatic heterocycles. The number of amides is 1. The maximum Gasteiger partial charge on any atom is 0.240 e. The summed E-state index contributed by atoms with van der Waals surface area (Å²) in [5.41, 5.74) is 2.02. The fourth-order valence-corrected chi connectivity index (χ4v) is 4.96. The maximum absolute atomic E-state index is 12.9. The Bertz CT molecular complexity index is 1090. The topological polar surface area (TPSA) is 81.2 Å². The molecule has 4 rings (SSSR count). The minimum Gasteiger partial charge on any atom is -0.391 e. The fraction of sp³-hybridized carbons (Fsp3) is 0.300. The summed E-state index contributed by atoms with van der Waals surface area (Å²) in [4.78, 5) is 22.3. The van der Waals surface area contributed by atoms with Crippen LogP contribution in [0.25, 0.3) is 11.0 Å². The number of nitrogens with zero attached hydrogens (tertiary/aromatic N) is 2. The number of fused-ring (bicyclic) bond motifs is 1. The van der Waals surface area contributed by atoms with E-state index < -0.39 is 12.1 Å². The number of hydrogen-bond acceptors (Lipinski definition) is 4. The predicted octanol–water partition coefficient (Wildman–Crippen LogP) is 5.08. The van der Waals surface area contributed by atoms with E-state index in [4.69, 9.17) is 58.0 Å². The summed E-state index contributed by atoms with van der Waals surface area (Å²) in [5.74, 6) is 0.229. The highest BCUT2D eigenvalue weighted by molar-refractivity contribution is 6.42. The van der Waals surface area contributed by atoms with Crippen molar-refractivity contribution in [2.24, 2.45) is 0 Å². The number of H-pyrrole nitrogens is 1. The Hall–Kier alpha value is -1.25. The van der Waals surface area contributed by atoms with Crippen molar-refractivity contribution in [1.29, 1.82) is 0 Å². The molecule has 3 aromatic rings. The molecule has 2 aromatic carbocycles. The largest absolute Gasteiger partial charge is 0.391 e. The van der Waals surface area contributed by atoms with Gasteiger partial charge in [0, 0.05) is 33.7 Å². The normalized spacial score (nSPS) is 19.3. The Labute approximate surface area is 203 Å². The summed E-state index contributed by atoms with van der Waals surface area (Å²) in [6.45, 7) is 0.990. The van der Waals surface area contributed by atoms with E-state index in [0.717, 1.165) is 0 Å². The molecule has 6 nitrogen and oxygen atoms in total. The van der Waals surface area contributed by atoms with Crippen LogP contribution < -0.4 is 5.32 Å². The number of aromatic amines is 1. The lowest BCUT2D eigenvalue weighted by atomic mass is 10.1. The molecule has 1 aromatic heterocycles. The van der Waals surface area contributed by atoms with Crippen molar-refractivity contribution < 1.29 is 9.90 Å². The number of aliphatic hydroxyl groups is 1. The van der Waals surface area contributed by atoms with Crippen molar-refractivity contribution in [1.82, 2.24) is 20.2 Å². The number of nitrogens with one attached hydrogen (secondary N) is 2. The van der Waals surface area contributed by atoms with Gasteiger partial charge in [0.15, 0.2) is 0 Å². The summed E-state index contributed by atoms with van der Waals surface area (Å²) >= 11 is 30.6. The van der Waals surface area contributed by atoms with E-state index in [1.807, 2.05) is 4.90 Å². The lowest BCUT2D eigenvalue weighted by Gasteiger charge is -2.26. The molecule has 2 unspecified atom stereocenters. The number of aliphatic hydroxyl groups excluding tert-OH is 1. The molecule has 2 heterocycles. The van der Waals surface area contributed by atoms with Crippen LogP contribution in [0, 0.1) is 0 Å². The van der Waals surface area contributed by atoms with E-state index in [1.54, 1.807) is 24.3 Å². The van der Waals surface area contributed by atoms with Gasteiger partial charge in [-0.15, -0.1) is 0 Å². The molecule has 11 heteroatoms. The number of aromatic nitrogens is 2. The highest BCUT2D eigenvalue weighted by atomic mass is 35.5. The van der Waals surface area contributed by atoms with Gasteiger partial charge >= 0.3 is 0 Å². The fourth-order valence-electron chi connectivity index (χ4n) is 3.70. The van der Waals surface area contributed by atoms with Crippen LogP contribution in [-0.4, -0.2) is 44.6 Å². The molecule has 164 valence electrons. The summed E-state index contributed by atoms with van der Waals surface area (Å²) in [6, 6.07) is 5.80. The number of halogens is 5. The van der Waals surface area contributed by atoms with Crippen molar-refractivity contribution >= 4 is 74.9 Å². The molecule has 1 fully saturated rings. The van der Waals surface area contributed by atoms with E-state index >= 15 is 0 Å². The third-order valence-electron chi connectivity index (χ3n) is 5.21. The number of imidazole rings is 1. The Morgan fingerprint density at radius 3 is 2.48 bits per heavy atom. The Morgan fingerprint density at radius 1 is 1.10 bits per heavy atom. The van der Waals surface area contributed by atoms with Gasteiger partial charge < -0.3 is 15.4 Å². The highest BCUT2D eigenvalue weighted by Crippen LogP contribution is 2.32. The van der Waals surface area contributed by atoms with Crippen LogP contribution >= 0.6 is 58.0 Å². The van der Waals surface area contributed by atoms with E-state index in [-0.39, 0.29) is 12.5 Å². The molecule has 3 N–H and O–H groups in total. The molecular formula is C20H17Cl5N4O2. The lowest BCUT2D eigenvalue weighted by Crippen LogP contribution is -2.47. The van der Waals surface area contributed by atoms with Crippen molar-refractivity contribution in [3.05, 3.63) is 60.8 Å². The molecule has 0 bridgehead atoms. The van der Waals surface area contributed by atoms with Gasteiger partial charge in [-0.2, -0.15) is 0 Å². The van der Waals surface area contributed by atoms with Crippen LogP contribution in [0.3, 0.4) is 0 Å². The minimum atomic E-state index is -0.807. The predicted molar refractivity (Wildman–Crippen MR) is 124 cm³/mol. The SMILES string of the molecule is O=C(NCc1nc2cc(Cl)c(Cl)cc2[nH]1)C1C(O)CCN1Cc1c(Cl)cc(Cl)cc1Cl. The van der Waals surface area contributed by atoms with Gasteiger partial charge in [0.25, 0.3) is 0 Å². The Balaban J connectivity index is 1.46. The lowest BCUT2D eigenvalue weighted by molar-refractivity contribution is -0.128. The van der Waals surface area contributed by atoms with Gasteiger partial charge in [0.2, 0.25) is 5.91 Å². The molecule has 1 amide bonds. The maximum atomic E-state index is 12.9. The first-order valence-corrected chi connectivity index (χ1v) is 11.3. The van der Waals surface area contributed by atoms with Crippen LogP contribution in [-0.2, 0) is 17.9 Å². The smallest absolute Gasteiger partial charge is 0.240 e. The van der Waals surface area contributed by atoms with E-state index in [2.05, 4.69) is 15.3 Å². The third-order valence-corrected chi connectivity index (χ3v) is 6.82. The van der Waals surface area contributed by atoms with Gasteiger partial charge in [-0.05, 0) is 30.7 Å². The minimum absolute atomic E-state index is 0.155. The highest BCUT2D eigenvalue weighted by Gasteiger charge is 2.38. The van der Waals surface area contributed by atoms with Crippen molar-refractivity contribution in [2.75, 3.05) is 6.54 Å². The Morgan fingerprint density at radius 2 is 1.77 bits per heavy atom. The first-order chi connectivity index (χ1) is 14.7. The van der Waals surface area contributed by atoms with Crippen molar-refractivity contribution in [2.45, 2.75) is 31.7 Å². The zero-order valence-corrected chi connectivity index (χ0v) is 19.7. The molecule has 0 radical (unpaired) electrons. The van der Waals surface area contributed by atoms with Gasteiger partial charge in [-0.1, -0.05) is 58.0 Å². The van der Waals surface area contributed by atoms with Gasteiger partial charge in [-0.3, -0.25) is 9.69 Å². The number of carbonyl (C=O) groups is 1. The molecule has 31 heavy (non-hydrogen) atoms. The molecule has 0 aliphatic carbocycles. The monoisotopic (exact) mass is 520 g/mol. The average molecular weight is 523 g/mol. The number of likely N-dealkylation sites (tertiary alicyclic amines) is 1. The zero-order chi connectivity index (χ0) is 22.3. The standard InChI is InChI=1S/C20H17Cl5N4O2/c21-9-3-11(22)10(12(23)4-9)8-29-2-1-17(30)19(29)20(31)26-7-18-27-15-5-13(24)14(25)6-16(15)28-18/h3-6,17,19,30H,1-2,7-8H2,(H,26,31)(H,27,28). The van der Waals surface area contributed by atoms with E-state index in [9.17, 15) is 9.90 Å². The molecular weight excluding hydrogens is 506 g/mol. The van der Waals surface area contributed by atoms with Crippen LogP contribution in [0.1, 0.15) is 17.8 Å².